The summed E-state index contributed by atoms with van der Waals surface area (Å²) in [5.74, 6) is 0.831. The molecule has 2 rings (SSSR count). The maximum absolute atomic E-state index is 4.60. The van der Waals surface area contributed by atoms with E-state index in [2.05, 4.69) is 61.9 Å². The van der Waals surface area contributed by atoms with Gasteiger partial charge in [-0.05, 0) is 30.4 Å². The topological polar surface area (TPSA) is 25.8 Å². The van der Waals surface area contributed by atoms with Gasteiger partial charge in [-0.15, -0.1) is 0 Å². The molecular formula is C17H22N2. The van der Waals surface area contributed by atoms with E-state index in [0.717, 1.165) is 29.2 Å². The highest BCUT2D eigenvalue weighted by atomic mass is 14.9. The van der Waals surface area contributed by atoms with Gasteiger partial charge in [0, 0.05) is 17.0 Å². The highest BCUT2D eigenvalue weighted by Gasteiger charge is 2.13. The Morgan fingerprint density at radius 2 is 1.63 bits per heavy atom. The monoisotopic (exact) mass is 254 g/mol. The molecule has 0 aliphatic heterocycles. The van der Waals surface area contributed by atoms with Crippen molar-refractivity contribution in [3.05, 3.63) is 47.3 Å². The predicted molar refractivity (Wildman–Crippen MR) is 80.3 cm³/mol. The fourth-order valence-electron chi connectivity index (χ4n) is 2.06. The number of hydrogen-bond acceptors (Lipinski definition) is 2. The fraction of sp³-hybridized carbons (Fsp3) is 0.412. The molecule has 1 aromatic carbocycles. The van der Waals surface area contributed by atoms with E-state index in [9.17, 15) is 0 Å². The van der Waals surface area contributed by atoms with Crippen molar-refractivity contribution in [2.45, 2.75) is 46.5 Å². The van der Waals surface area contributed by atoms with E-state index >= 15 is 0 Å². The molecule has 0 saturated carbocycles. The van der Waals surface area contributed by atoms with Gasteiger partial charge in [-0.2, -0.15) is 0 Å². The molecule has 0 radical (unpaired) electrons. The number of aryl methyl sites for hydroxylation is 2. The van der Waals surface area contributed by atoms with Crippen LogP contribution >= 0.6 is 0 Å². The number of hydrogen-bond donors (Lipinski definition) is 0. The molecule has 2 heteroatoms. The van der Waals surface area contributed by atoms with Gasteiger partial charge >= 0.3 is 0 Å². The van der Waals surface area contributed by atoms with Crippen molar-refractivity contribution in [1.29, 1.82) is 0 Å². The summed E-state index contributed by atoms with van der Waals surface area (Å²) in [6.45, 7) is 10.8. The zero-order chi connectivity index (χ0) is 14.0. The van der Waals surface area contributed by atoms with Crippen LogP contribution in [-0.4, -0.2) is 9.97 Å². The minimum Gasteiger partial charge on any atom is -0.233 e. The zero-order valence-electron chi connectivity index (χ0n) is 12.5. The SMILES string of the molecule is CCc1cc(C)nc(-c2ccc(C(C)(C)C)cc2)n1. The Balaban J connectivity index is 2.40. The van der Waals surface area contributed by atoms with E-state index in [1.165, 1.54) is 5.56 Å². The highest BCUT2D eigenvalue weighted by Crippen LogP contribution is 2.25. The molecule has 0 amide bonds. The first kappa shape index (κ1) is 13.7. The van der Waals surface area contributed by atoms with Crippen LogP contribution in [0.4, 0.5) is 0 Å². The summed E-state index contributed by atoms with van der Waals surface area (Å²) in [6, 6.07) is 10.6. The molecule has 0 unspecified atom stereocenters. The van der Waals surface area contributed by atoms with E-state index in [4.69, 9.17) is 0 Å². The lowest BCUT2D eigenvalue weighted by atomic mass is 9.86. The molecule has 0 atom stereocenters. The zero-order valence-corrected chi connectivity index (χ0v) is 12.5. The number of aromatic nitrogens is 2. The van der Waals surface area contributed by atoms with Crippen LogP contribution in [0.25, 0.3) is 11.4 Å². The van der Waals surface area contributed by atoms with Gasteiger partial charge in [-0.3, -0.25) is 0 Å². The van der Waals surface area contributed by atoms with Gasteiger partial charge in [0.25, 0.3) is 0 Å². The summed E-state index contributed by atoms with van der Waals surface area (Å²) in [6.07, 6.45) is 0.941. The summed E-state index contributed by atoms with van der Waals surface area (Å²) in [5.41, 5.74) is 4.73. The van der Waals surface area contributed by atoms with Crippen LogP contribution < -0.4 is 0 Å². The van der Waals surface area contributed by atoms with E-state index in [-0.39, 0.29) is 5.41 Å². The molecule has 0 spiro atoms. The third-order valence-corrected chi connectivity index (χ3v) is 3.28. The maximum Gasteiger partial charge on any atom is 0.159 e. The van der Waals surface area contributed by atoms with Gasteiger partial charge in [-0.1, -0.05) is 52.0 Å². The van der Waals surface area contributed by atoms with Crippen molar-refractivity contribution in [2.75, 3.05) is 0 Å². The minimum absolute atomic E-state index is 0.181. The van der Waals surface area contributed by atoms with Crippen LogP contribution in [0.2, 0.25) is 0 Å². The Labute approximate surface area is 115 Å². The summed E-state index contributed by atoms with van der Waals surface area (Å²) in [7, 11) is 0. The first-order valence-electron chi connectivity index (χ1n) is 6.85. The van der Waals surface area contributed by atoms with Gasteiger partial charge < -0.3 is 0 Å². The molecule has 0 aliphatic carbocycles. The quantitative estimate of drug-likeness (QED) is 0.798. The largest absolute Gasteiger partial charge is 0.233 e. The Morgan fingerprint density at radius 3 is 2.16 bits per heavy atom. The van der Waals surface area contributed by atoms with Crippen molar-refractivity contribution in [1.82, 2.24) is 9.97 Å². The summed E-state index contributed by atoms with van der Waals surface area (Å²) < 4.78 is 0. The van der Waals surface area contributed by atoms with E-state index in [1.54, 1.807) is 0 Å². The second kappa shape index (κ2) is 5.12. The van der Waals surface area contributed by atoms with Crippen LogP contribution in [-0.2, 0) is 11.8 Å². The molecule has 1 heterocycles. The van der Waals surface area contributed by atoms with E-state index in [0.29, 0.717) is 0 Å². The third kappa shape index (κ3) is 3.19. The first-order valence-corrected chi connectivity index (χ1v) is 6.85. The third-order valence-electron chi connectivity index (χ3n) is 3.28. The van der Waals surface area contributed by atoms with Crippen LogP contribution in [0.5, 0.6) is 0 Å². The Kier molecular flexibility index (Phi) is 3.70. The molecule has 0 saturated heterocycles. The second-order valence-electron chi connectivity index (χ2n) is 6.01. The average molecular weight is 254 g/mol. The van der Waals surface area contributed by atoms with Gasteiger partial charge in [0.15, 0.2) is 5.82 Å². The highest BCUT2D eigenvalue weighted by molar-refractivity contribution is 5.56. The van der Waals surface area contributed by atoms with Crippen molar-refractivity contribution in [2.24, 2.45) is 0 Å². The first-order chi connectivity index (χ1) is 8.90. The lowest BCUT2D eigenvalue weighted by molar-refractivity contribution is 0.590. The van der Waals surface area contributed by atoms with Gasteiger partial charge in [0.05, 0.1) is 0 Å². The smallest absolute Gasteiger partial charge is 0.159 e. The number of nitrogens with zero attached hydrogens (tertiary/aromatic N) is 2. The Morgan fingerprint density at radius 1 is 1.00 bits per heavy atom. The lowest BCUT2D eigenvalue weighted by Crippen LogP contribution is -2.10. The number of rotatable bonds is 2. The molecule has 0 N–H and O–H groups in total. The molecular weight excluding hydrogens is 232 g/mol. The van der Waals surface area contributed by atoms with Crippen LogP contribution in [0.3, 0.4) is 0 Å². The minimum atomic E-state index is 0.181. The Hall–Kier alpha value is -1.70. The normalized spacial score (nSPS) is 11.6. The molecule has 100 valence electrons. The average Bonchev–Trinajstić information content (AvgIpc) is 2.37. The lowest BCUT2D eigenvalue weighted by Gasteiger charge is -2.19. The second-order valence-corrected chi connectivity index (χ2v) is 6.01. The fourth-order valence-corrected chi connectivity index (χ4v) is 2.06. The van der Waals surface area contributed by atoms with Gasteiger partial charge in [0.2, 0.25) is 0 Å². The van der Waals surface area contributed by atoms with Crippen molar-refractivity contribution in [3.8, 4) is 11.4 Å². The molecule has 0 bridgehead atoms. The van der Waals surface area contributed by atoms with Crippen molar-refractivity contribution in [3.63, 3.8) is 0 Å². The van der Waals surface area contributed by atoms with Gasteiger partial charge in [-0.25, -0.2) is 9.97 Å². The summed E-state index contributed by atoms with van der Waals surface area (Å²) in [5, 5.41) is 0. The summed E-state index contributed by atoms with van der Waals surface area (Å²) in [4.78, 5) is 9.14. The molecule has 1 aromatic heterocycles. The van der Waals surface area contributed by atoms with Crippen LogP contribution in [0.15, 0.2) is 30.3 Å². The van der Waals surface area contributed by atoms with Gasteiger partial charge in [0.1, 0.15) is 0 Å². The molecule has 19 heavy (non-hydrogen) atoms. The number of benzene rings is 1. The van der Waals surface area contributed by atoms with Crippen LogP contribution in [0, 0.1) is 6.92 Å². The maximum atomic E-state index is 4.60. The predicted octanol–water partition coefficient (Wildman–Crippen LogP) is 4.31. The van der Waals surface area contributed by atoms with E-state index < -0.39 is 0 Å². The van der Waals surface area contributed by atoms with Crippen molar-refractivity contribution >= 4 is 0 Å². The molecule has 2 aromatic rings. The molecule has 0 aliphatic rings. The summed E-state index contributed by atoms with van der Waals surface area (Å²) >= 11 is 0. The van der Waals surface area contributed by atoms with E-state index in [1.807, 2.05) is 13.0 Å². The molecule has 2 nitrogen and oxygen atoms in total. The van der Waals surface area contributed by atoms with Crippen LogP contribution in [0.1, 0.15) is 44.6 Å². The Bertz CT molecular complexity index is 563. The molecule has 0 fully saturated rings. The standard InChI is InChI=1S/C17H22N2/c1-6-15-11-12(2)18-16(19-15)13-7-9-14(10-8-13)17(3,4)5/h7-11H,6H2,1-5H3. The van der Waals surface area contributed by atoms with Crippen molar-refractivity contribution < 1.29 is 0 Å².